The summed E-state index contributed by atoms with van der Waals surface area (Å²) >= 11 is 0. The number of nitrogens with one attached hydrogen (secondary N) is 1. The van der Waals surface area contributed by atoms with E-state index in [4.69, 9.17) is 4.74 Å². The standard InChI is InChI=1S/C18H21NO/c1-3-18(2,19-17-12-8-5-9-13-17)15-20-14-16-10-6-4-7-11-16/h3-13,19H,1,14-15H2,2H3/t18-/m0/s1. The highest BCUT2D eigenvalue weighted by Crippen LogP contribution is 2.17. The molecule has 0 radical (unpaired) electrons. The van der Waals surface area contributed by atoms with Crippen LogP contribution in [0.2, 0.25) is 0 Å². The van der Waals surface area contributed by atoms with Crippen molar-refractivity contribution in [1.82, 2.24) is 0 Å². The van der Waals surface area contributed by atoms with Gasteiger partial charge in [-0.3, -0.25) is 0 Å². The molecule has 104 valence electrons. The van der Waals surface area contributed by atoms with Crippen LogP contribution in [0.25, 0.3) is 0 Å². The monoisotopic (exact) mass is 267 g/mol. The van der Waals surface area contributed by atoms with E-state index in [1.165, 1.54) is 5.56 Å². The van der Waals surface area contributed by atoms with Crippen molar-refractivity contribution >= 4 is 5.69 Å². The van der Waals surface area contributed by atoms with E-state index in [0.717, 1.165) is 5.69 Å². The zero-order valence-electron chi connectivity index (χ0n) is 11.9. The summed E-state index contributed by atoms with van der Waals surface area (Å²) < 4.78 is 5.81. The topological polar surface area (TPSA) is 21.3 Å². The van der Waals surface area contributed by atoms with Crippen LogP contribution in [0.1, 0.15) is 12.5 Å². The molecule has 2 aromatic carbocycles. The Bertz CT molecular complexity index is 524. The molecule has 0 unspecified atom stereocenters. The van der Waals surface area contributed by atoms with E-state index in [0.29, 0.717) is 13.2 Å². The number of para-hydroxylation sites is 1. The third-order valence-corrected chi connectivity index (χ3v) is 3.17. The van der Waals surface area contributed by atoms with Crippen molar-refractivity contribution in [2.75, 3.05) is 11.9 Å². The van der Waals surface area contributed by atoms with Gasteiger partial charge in [0.1, 0.15) is 0 Å². The lowest BCUT2D eigenvalue weighted by atomic mass is 10.0. The summed E-state index contributed by atoms with van der Waals surface area (Å²) in [5.41, 5.74) is 1.97. The van der Waals surface area contributed by atoms with Gasteiger partial charge in [-0.05, 0) is 24.6 Å². The molecule has 1 atom stereocenters. The van der Waals surface area contributed by atoms with E-state index in [2.05, 4.69) is 31.0 Å². The van der Waals surface area contributed by atoms with Gasteiger partial charge in [0, 0.05) is 5.69 Å². The fourth-order valence-corrected chi connectivity index (χ4v) is 1.95. The van der Waals surface area contributed by atoms with Crippen LogP contribution >= 0.6 is 0 Å². The summed E-state index contributed by atoms with van der Waals surface area (Å²) in [6.45, 7) is 7.18. The first-order chi connectivity index (χ1) is 9.72. The van der Waals surface area contributed by atoms with Crippen LogP contribution in [0.15, 0.2) is 73.3 Å². The molecule has 2 nitrogen and oxygen atoms in total. The van der Waals surface area contributed by atoms with E-state index in [-0.39, 0.29) is 5.54 Å². The van der Waals surface area contributed by atoms with Crippen molar-refractivity contribution in [1.29, 1.82) is 0 Å². The van der Waals surface area contributed by atoms with Crippen LogP contribution in [-0.2, 0) is 11.3 Å². The van der Waals surface area contributed by atoms with Crippen molar-refractivity contribution < 1.29 is 4.74 Å². The van der Waals surface area contributed by atoms with Crippen LogP contribution in [0.3, 0.4) is 0 Å². The van der Waals surface area contributed by atoms with Crippen molar-refractivity contribution in [3.8, 4) is 0 Å². The third kappa shape index (κ3) is 4.25. The Balaban J connectivity index is 1.89. The normalized spacial score (nSPS) is 13.4. The lowest BCUT2D eigenvalue weighted by molar-refractivity contribution is 0.0988. The Morgan fingerprint density at radius 3 is 2.25 bits per heavy atom. The molecule has 2 heteroatoms. The second-order valence-electron chi connectivity index (χ2n) is 5.09. The van der Waals surface area contributed by atoms with E-state index >= 15 is 0 Å². The minimum absolute atomic E-state index is 0.282. The van der Waals surface area contributed by atoms with Gasteiger partial charge in [-0.15, -0.1) is 6.58 Å². The molecule has 0 aliphatic heterocycles. The molecule has 1 N–H and O–H groups in total. The van der Waals surface area contributed by atoms with Crippen LogP contribution in [-0.4, -0.2) is 12.1 Å². The highest BCUT2D eigenvalue weighted by Gasteiger charge is 2.20. The molecule has 0 amide bonds. The quantitative estimate of drug-likeness (QED) is 0.757. The minimum Gasteiger partial charge on any atom is -0.374 e. The second-order valence-corrected chi connectivity index (χ2v) is 5.09. The van der Waals surface area contributed by atoms with Gasteiger partial charge in [-0.25, -0.2) is 0 Å². The summed E-state index contributed by atoms with van der Waals surface area (Å²) in [7, 11) is 0. The van der Waals surface area contributed by atoms with Crippen molar-refractivity contribution in [2.45, 2.75) is 19.1 Å². The summed E-state index contributed by atoms with van der Waals surface area (Å²) in [6, 6.07) is 20.3. The molecular formula is C18H21NO. The van der Waals surface area contributed by atoms with Gasteiger partial charge in [0.05, 0.1) is 18.8 Å². The molecule has 2 rings (SSSR count). The fraction of sp³-hybridized carbons (Fsp3) is 0.222. The maximum Gasteiger partial charge on any atom is 0.0759 e. The SMILES string of the molecule is C=C[C@@](C)(COCc1ccccc1)Nc1ccccc1. The Morgan fingerprint density at radius 2 is 1.65 bits per heavy atom. The summed E-state index contributed by atoms with van der Waals surface area (Å²) in [6.07, 6.45) is 1.89. The Labute approximate surface area is 121 Å². The molecule has 0 saturated carbocycles. The van der Waals surface area contributed by atoms with Crippen LogP contribution in [0.4, 0.5) is 5.69 Å². The van der Waals surface area contributed by atoms with Crippen molar-refractivity contribution in [3.63, 3.8) is 0 Å². The number of ether oxygens (including phenoxy) is 1. The number of hydrogen-bond donors (Lipinski definition) is 1. The molecule has 2 aromatic rings. The third-order valence-electron chi connectivity index (χ3n) is 3.17. The fourth-order valence-electron chi connectivity index (χ4n) is 1.95. The van der Waals surface area contributed by atoms with Gasteiger partial charge in [-0.2, -0.15) is 0 Å². The smallest absolute Gasteiger partial charge is 0.0759 e. The first-order valence-electron chi connectivity index (χ1n) is 6.80. The maximum atomic E-state index is 5.81. The predicted molar refractivity (Wildman–Crippen MR) is 84.8 cm³/mol. The summed E-state index contributed by atoms with van der Waals surface area (Å²) in [5.74, 6) is 0. The van der Waals surface area contributed by atoms with E-state index < -0.39 is 0 Å². The van der Waals surface area contributed by atoms with Crippen molar-refractivity contribution in [3.05, 3.63) is 78.9 Å². The average molecular weight is 267 g/mol. The van der Waals surface area contributed by atoms with Gasteiger partial charge in [0.2, 0.25) is 0 Å². The Hall–Kier alpha value is -2.06. The zero-order valence-corrected chi connectivity index (χ0v) is 11.9. The van der Waals surface area contributed by atoms with E-state index in [1.54, 1.807) is 0 Å². The second kappa shape index (κ2) is 6.92. The number of anilines is 1. The Kier molecular flexibility index (Phi) is 4.97. The number of rotatable bonds is 7. The van der Waals surface area contributed by atoms with Gasteiger partial charge in [0.25, 0.3) is 0 Å². The number of hydrogen-bond acceptors (Lipinski definition) is 2. The minimum atomic E-state index is -0.282. The largest absolute Gasteiger partial charge is 0.374 e. The summed E-state index contributed by atoms with van der Waals surface area (Å²) in [5, 5.41) is 3.45. The molecule has 0 aliphatic rings. The van der Waals surface area contributed by atoms with Crippen LogP contribution in [0, 0.1) is 0 Å². The molecule has 0 aromatic heterocycles. The zero-order chi connectivity index (χ0) is 14.3. The van der Waals surface area contributed by atoms with Gasteiger partial charge < -0.3 is 10.1 Å². The van der Waals surface area contributed by atoms with Crippen LogP contribution in [0.5, 0.6) is 0 Å². The van der Waals surface area contributed by atoms with Gasteiger partial charge in [0.15, 0.2) is 0 Å². The molecule has 0 saturated heterocycles. The van der Waals surface area contributed by atoms with Gasteiger partial charge >= 0.3 is 0 Å². The highest BCUT2D eigenvalue weighted by molar-refractivity contribution is 5.46. The lowest BCUT2D eigenvalue weighted by Gasteiger charge is -2.28. The van der Waals surface area contributed by atoms with E-state index in [9.17, 15) is 0 Å². The Morgan fingerprint density at radius 1 is 1.05 bits per heavy atom. The number of benzene rings is 2. The first kappa shape index (κ1) is 14.4. The average Bonchev–Trinajstić information content (AvgIpc) is 2.49. The molecule has 0 bridgehead atoms. The first-order valence-corrected chi connectivity index (χ1v) is 6.80. The maximum absolute atomic E-state index is 5.81. The lowest BCUT2D eigenvalue weighted by Crippen LogP contribution is -2.37. The predicted octanol–water partition coefficient (Wildman–Crippen LogP) is 4.26. The van der Waals surface area contributed by atoms with Crippen LogP contribution < -0.4 is 5.32 Å². The molecule has 0 heterocycles. The van der Waals surface area contributed by atoms with Crippen molar-refractivity contribution in [2.24, 2.45) is 0 Å². The highest BCUT2D eigenvalue weighted by atomic mass is 16.5. The van der Waals surface area contributed by atoms with Gasteiger partial charge in [-0.1, -0.05) is 54.6 Å². The van der Waals surface area contributed by atoms with E-state index in [1.807, 2.05) is 54.6 Å². The molecule has 20 heavy (non-hydrogen) atoms. The molecule has 0 aliphatic carbocycles. The molecular weight excluding hydrogens is 246 g/mol. The summed E-state index contributed by atoms with van der Waals surface area (Å²) in [4.78, 5) is 0. The molecule has 0 fully saturated rings. The molecule has 0 spiro atoms.